The predicted molar refractivity (Wildman–Crippen MR) is 74.8 cm³/mol. The standard InChI is InChI=1S/C13H18ClNO2S/c1-15-13(11-6-7-18(16,17)9-11)8-10-2-4-12(14)5-3-10/h2-5,11,13,15H,6-9H2,1H3. The first kappa shape index (κ1) is 13.8. The van der Waals surface area contributed by atoms with Gasteiger partial charge in [-0.2, -0.15) is 0 Å². The summed E-state index contributed by atoms with van der Waals surface area (Å²) in [6, 6.07) is 7.94. The van der Waals surface area contributed by atoms with Gasteiger partial charge in [-0.15, -0.1) is 0 Å². The van der Waals surface area contributed by atoms with Crippen LogP contribution in [0.2, 0.25) is 5.02 Å². The predicted octanol–water partition coefficient (Wildman–Crippen LogP) is 1.91. The van der Waals surface area contributed by atoms with E-state index in [2.05, 4.69) is 5.32 Å². The summed E-state index contributed by atoms with van der Waals surface area (Å²) < 4.78 is 23.0. The molecule has 0 aromatic heterocycles. The van der Waals surface area contributed by atoms with E-state index in [1.807, 2.05) is 31.3 Å². The molecule has 2 unspecified atom stereocenters. The molecule has 1 saturated heterocycles. The van der Waals surface area contributed by atoms with Gasteiger partial charge in [-0.25, -0.2) is 8.42 Å². The molecule has 100 valence electrons. The van der Waals surface area contributed by atoms with E-state index in [9.17, 15) is 8.42 Å². The number of benzene rings is 1. The van der Waals surface area contributed by atoms with Crippen molar-refractivity contribution in [3.63, 3.8) is 0 Å². The second-order valence-corrected chi connectivity index (χ2v) is 7.55. The third kappa shape index (κ3) is 3.46. The molecule has 0 radical (unpaired) electrons. The van der Waals surface area contributed by atoms with E-state index in [-0.39, 0.29) is 12.0 Å². The molecule has 0 aliphatic carbocycles. The van der Waals surface area contributed by atoms with Crippen molar-refractivity contribution >= 4 is 21.4 Å². The van der Waals surface area contributed by atoms with Crippen LogP contribution in [0.1, 0.15) is 12.0 Å². The number of hydrogen-bond acceptors (Lipinski definition) is 3. The van der Waals surface area contributed by atoms with Gasteiger partial charge in [0, 0.05) is 11.1 Å². The van der Waals surface area contributed by atoms with Gasteiger partial charge in [0.15, 0.2) is 9.84 Å². The van der Waals surface area contributed by atoms with Crippen molar-refractivity contribution in [1.29, 1.82) is 0 Å². The van der Waals surface area contributed by atoms with Crippen LogP contribution in [0, 0.1) is 5.92 Å². The highest BCUT2D eigenvalue weighted by Gasteiger charge is 2.32. The molecule has 5 heteroatoms. The van der Waals surface area contributed by atoms with Crippen LogP contribution in [0.5, 0.6) is 0 Å². The summed E-state index contributed by atoms with van der Waals surface area (Å²) in [5.41, 5.74) is 1.18. The van der Waals surface area contributed by atoms with Gasteiger partial charge >= 0.3 is 0 Å². The molecule has 1 aliphatic heterocycles. The molecule has 1 fully saturated rings. The van der Waals surface area contributed by atoms with Crippen molar-refractivity contribution < 1.29 is 8.42 Å². The maximum absolute atomic E-state index is 11.5. The van der Waals surface area contributed by atoms with E-state index in [0.29, 0.717) is 11.5 Å². The Balaban J connectivity index is 2.04. The fourth-order valence-corrected chi connectivity index (χ4v) is 4.53. The Bertz CT molecular complexity index is 498. The molecular weight excluding hydrogens is 270 g/mol. The molecule has 0 bridgehead atoms. The van der Waals surface area contributed by atoms with Crippen LogP contribution in [-0.2, 0) is 16.3 Å². The molecule has 2 rings (SSSR count). The van der Waals surface area contributed by atoms with Crippen LogP contribution in [0.25, 0.3) is 0 Å². The second-order valence-electron chi connectivity index (χ2n) is 4.89. The maximum Gasteiger partial charge on any atom is 0.150 e. The van der Waals surface area contributed by atoms with Gasteiger partial charge in [-0.05, 0) is 43.5 Å². The number of sulfone groups is 1. The first-order chi connectivity index (χ1) is 8.50. The summed E-state index contributed by atoms with van der Waals surface area (Å²) in [5.74, 6) is 0.860. The van der Waals surface area contributed by atoms with Gasteiger partial charge in [0.1, 0.15) is 0 Å². The van der Waals surface area contributed by atoms with Crippen LogP contribution >= 0.6 is 11.6 Å². The van der Waals surface area contributed by atoms with Crippen LogP contribution in [0.3, 0.4) is 0 Å². The van der Waals surface area contributed by atoms with Crippen molar-refractivity contribution in [2.24, 2.45) is 5.92 Å². The second kappa shape index (κ2) is 5.59. The average Bonchev–Trinajstić information content (AvgIpc) is 2.69. The molecule has 0 amide bonds. The monoisotopic (exact) mass is 287 g/mol. The molecule has 1 aromatic carbocycles. The molecule has 1 N–H and O–H groups in total. The van der Waals surface area contributed by atoms with Gasteiger partial charge in [-0.1, -0.05) is 23.7 Å². The van der Waals surface area contributed by atoms with Crippen molar-refractivity contribution in [2.75, 3.05) is 18.6 Å². The molecule has 1 aliphatic rings. The van der Waals surface area contributed by atoms with Crippen LogP contribution < -0.4 is 5.32 Å². The molecule has 0 spiro atoms. The van der Waals surface area contributed by atoms with Gasteiger partial charge in [0.2, 0.25) is 0 Å². The largest absolute Gasteiger partial charge is 0.316 e. The quantitative estimate of drug-likeness (QED) is 0.920. The Kier molecular flexibility index (Phi) is 4.30. The Morgan fingerprint density at radius 3 is 2.56 bits per heavy atom. The van der Waals surface area contributed by atoms with Gasteiger partial charge < -0.3 is 5.32 Å². The van der Waals surface area contributed by atoms with E-state index in [4.69, 9.17) is 11.6 Å². The minimum atomic E-state index is -2.81. The number of rotatable bonds is 4. The fourth-order valence-electron chi connectivity index (χ4n) is 2.52. The van der Waals surface area contributed by atoms with Crippen molar-refractivity contribution in [2.45, 2.75) is 18.9 Å². The lowest BCUT2D eigenvalue weighted by Gasteiger charge is -2.22. The minimum absolute atomic E-state index is 0.212. The SMILES string of the molecule is CNC(Cc1ccc(Cl)cc1)C1CCS(=O)(=O)C1. The zero-order valence-corrected chi connectivity index (χ0v) is 12.0. The molecule has 0 saturated carbocycles. The zero-order chi connectivity index (χ0) is 13.2. The summed E-state index contributed by atoms with van der Waals surface area (Å²) in [6.45, 7) is 0. The Morgan fingerprint density at radius 1 is 1.39 bits per heavy atom. The Labute approximate surface area is 113 Å². The molecule has 18 heavy (non-hydrogen) atoms. The molecule has 1 heterocycles. The zero-order valence-electron chi connectivity index (χ0n) is 10.4. The summed E-state index contributed by atoms with van der Waals surface area (Å²) >= 11 is 5.85. The van der Waals surface area contributed by atoms with Gasteiger partial charge in [-0.3, -0.25) is 0 Å². The third-order valence-electron chi connectivity index (χ3n) is 3.58. The van der Waals surface area contributed by atoms with E-state index >= 15 is 0 Å². The number of likely N-dealkylation sites (N-methyl/N-ethyl adjacent to an activating group) is 1. The Hall–Kier alpha value is -0.580. The smallest absolute Gasteiger partial charge is 0.150 e. The summed E-state index contributed by atoms with van der Waals surface area (Å²) in [5, 5.41) is 3.97. The Morgan fingerprint density at radius 2 is 2.06 bits per heavy atom. The lowest BCUT2D eigenvalue weighted by molar-refractivity contribution is 0.403. The van der Waals surface area contributed by atoms with E-state index in [1.54, 1.807) is 0 Å². The summed E-state index contributed by atoms with van der Waals surface area (Å²) in [7, 11) is -0.916. The lowest BCUT2D eigenvalue weighted by atomic mass is 9.93. The molecule has 3 nitrogen and oxygen atoms in total. The molecular formula is C13H18ClNO2S. The van der Waals surface area contributed by atoms with Crippen LogP contribution in [0.15, 0.2) is 24.3 Å². The van der Waals surface area contributed by atoms with Crippen LogP contribution in [0.4, 0.5) is 0 Å². The molecule has 2 atom stereocenters. The topological polar surface area (TPSA) is 46.2 Å². The third-order valence-corrected chi connectivity index (χ3v) is 5.62. The highest BCUT2D eigenvalue weighted by Crippen LogP contribution is 2.24. The lowest BCUT2D eigenvalue weighted by Crippen LogP contribution is -2.36. The fraction of sp³-hybridized carbons (Fsp3) is 0.538. The first-order valence-electron chi connectivity index (χ1n) is 6.12. The van der Waals surface area contributed by atoms with E-state index < -0.39 is 9.84 Å². The van der Waals surface area contributed by atoms with Crippen molar-refractivity contribution in [1.82, 2.24) is 5.32 Å². The van der Waals surface area contributed by atoms with Crippen molar-refractivity contribution in [3.8, 4) is 0 Å². The van der Waals surface area contributed by atoms with Crippen LogP contribution in [-0.4, -0.2) is 33.0 Å². The highest BCUT2D eigenvalue weighted by atomic mass is 35.5. The number of halogens is 1. The number of nitrogens with one attached hydrogen (secondary N) is 1. The highest BCUT2D eigenvalue weighted by molar-refractivity contribution is 7.91. The molecule has 1 aromatic rings. The summed E-state index contributed by atoms with van der Waals surface area (Å²) in [4.78, 5) is 0. The van der Waals surface area contributed by atoms with E-state index in [0.717, 1.165) is 17.9 Å². The first-order valence-corrected chi connectivity index (χ1v) is 8.32. The van der Waals surface area contributed by atoms with E-state index in [1.165, 1.54) is 5.56 Å². The number of hydrogen-bond donors (Lipinski definition) is 1. The normalized spacial score (nSPS) is 24.0. The average molecular weight is 288 g/mol. The minimum Gasteiger partial charge on any atom is -0.316 e. The maximum atomic E-state index is 11.5. The van der Waals surface area contributed by atoms with Crippen molar-refractivity contribution in [3.05, 3.63) is 34.9 Å². The van der Waals surface area contributed by atoms with Gasteiger partial charge in [0.05, 0.1) is 11.5 Å². The summed E-state index contributed by atoms with van der Waals surface area (Å²) in [6.07, 6.45) is 1.61. The van der Waals surface area contributed by atoms with Gasteiger partial charge in [0.25, 0.3) is 0 Å².